The van der Waals surface area contributed by atoms with Gasteiger partial charge in [0.25, 0.3) is 5.91 Å². The Morgan fingerprint density at radius 1 is 1.08 bits per heavy atom. The number of hydrogen-bond donors (Lipinski definition) is 2. The van der Waals surface area contributed by atoms with Crippen molar-refractivity contribution >= 4 is 17.4 Å². The third kappa shape index (κ3) is 6.99. The van der Waals surface area contributed by atoms with Gasteiger partial charge in [0.15, 0.2) is 0 Å². The zero-order valence-corrected chi connectivity index (χ0v) is 20.2. The van der Waals surface area contributed by atoms with E-state index in [1.54, 1.807) is 6.07 Å². The summed E-state index contributed by atoms with van der Waals surface area (Å²) >= 11 is 0. The van der Waals surface area contributed by atoms with Gasteiger partial charge in [0.05, 0.1) is 11.9 Å². The van der Waals surface area contributed by atoms with E-state index in [1.165, 1.54) is 6.20 Å². The molecule has 36 heavy (non-hydrogen) atoms. The number of amides is 1. The molecule has 1 aliphatic heterocycles. The molecular formula is C27H30F2N4O3. The first kappa shape index (κ1) is 25.5. The zero-order valence-electron chi connectivity index (χ0n) is 20.2. The molecule has 2 heterocycles. The molecule has 1 unspecified atom stereocenters. The number of benzene rings is 2. The summed E-state index contributed by atoms with van der Waals surface area (Å²) in [6.45, 7) is 5.93. The molecule has 4 rings (SSSR count). The van der Waals surface area contributed by atoms with Gasteiger partial charge in [-0.3, -0.25) is 9.69 Å². The Morgan fingerprint density at radius 2 is 1.86 bits per heavy atom. The number of carbonyl (C=O) groups excluding carboxylic acids is 1. The number of ether oxygens (including phenoxy) is 1. The van der Waals surface area contributed by atoms with Crippen LogP contribution >= 0.6 is 0 Å². The van der Waals surface area contributed by atoms with Crippen LogP contribution in [0.5, 0.6) is 5.75 Å². The van der Waals surface area contributed by atoms with Crippen molar-refractivity contribution in [2.75, 3.05) is 49.5 Å². The quantitative estimate of drug-likeness (QED) is 0.493. The molecule has 0 aliphatic carbocycles. The third-order valence-electron chi connectivity index (χ3n) is 6.04. The van der Waals surface area contributed by atoms with Gasteiger partial charge < -0.3 is 20.1 Å². The van der Waals surface area contributed by atoms with Crippen LogP contribution in [-0.2, 0) is 0 Å². The van der Waals surface area contributed by atoms with Crippen molar-refractivity contribution in [3.8, 4) is 5.75 Å². The van der Waals surface area contributed by atoms with Crippen molar-refractivity contribution in [1.29, 1.82) is 0 Å². The number of aromatic nitrogens is 1. The summed E-state index contributed by atoms with van der Waals surface area (Å²) < 4.78 is 32.5. The smallest absolute Gasteiger partial charge is 0.255 e. The van der Waals surface area contributed by atoms with Crippen molar-refractivity contribution in [2.24, 2.45) is 0 Å². The summed E-state index contributed by atoms with van der Waals surface area (Å²) in [5.74, 6) is -0.675. The molecule has 1 saturated heterocycles. The van der Waals surface area contributed by atoms with Gasteiger partial charge >= 0.3 is 0 Å². The van der Waals surface area contributed by atoms with Gasteiger partial charge in [0.1, 0.15) is 35.9 Å². The molecule has 190 valence electrons. The molecule has 1 aromatic heterocycles. The number of carbonyl (C=O) groups is 1. The molecule has 0 radical (unpaired) electrons. The van der Waals surface area contributed by atoms with Crippen molar-refractivity contribution in [2.45, 2.75) is 19.4 Å². The number of rotatable bonds is 8. The molecule has 9 heteroatoms. The lowest BCUT2D eigenvalue weighted by atomic mass is 10.2. The highest BCUT2D eigenvalue weighted by Gasteiger charge is 2.19. The molecule has 1 aliphatic rings. The van der Waals surface area contributed by atoms with Gasteiger partial charge in [0.2, 0.25) is 0 Å². The second-order valence-corrected chi connectivity index (χ2v) is 8.89. The highest BCUT2D eigenvalue weighted by atomic mass is 19.1. The van der Waals surface area contributed by atoms with E-state index in [-0.39, 0.29) is 12.2 Å². The van der Waals surface area contributed by atoms with Gasteiger partial charge in [-0.25, -0.2) is 13.8 Å². The van der Waals surface area contributed by atoms with Crippen LogP contribution in [-0.4, -0.2) is 66.3 Å². The predicted octanol–water partition coefficient (Wildman–Crippen LogP) is 3.87. The maximum absolute atomic E-state index is 13.4. The minimum atomic E-state index is -0.810. The number of nitrogens with zero attached hydrogens (tertiary/aromatic N) is 3. The first-order chi connectivity index (χ1) is 17.4. The average molecular weight is 497 g/mol. The van der Waals surface area contributed by atoms with E-state index in [2.05, 4.69) is 20.1 Å². The molecule has 1 fully saturated rings. The largest absolute Gasteiger partial charge is 0.491 e. The Morgan fingerprint density at radius 3 is 2.58 bits per heavy atom. The summed E-state index contributed by atoms with van der Waals surface area (Å²) in [5, 5.41) is 13.1. The van der Waals surface area contributed by atoms with E-state index in [4.69, 9.17) is 4.74 Å². The molecular weight excluding hydrogens is 466 g/mol. The maximum atomic E-state index is 13.4. The second-order valence-electron chi connectivity index (χ2n) is 8.89. The number of β-amino-alcohol motifs (C(OH)–C–C–N with tert-alkyl or cyclic N) is 1. The Labute approximate surface area is 209 Å². The minimum Gasteiger partial charge on any atom is -0.491 e. The second kappa shape index (κ2) is 11.9. The van der Waals surface area contributed by atoms with E-state index in [0.29, 0.717) is 12.2 Å². The van der Waals surface area contributed by atoms with Crippen LogP contribution < -0.4 is 15.0 Å². The number of aliphatic hydroxyl groups is 1. The van der Waals surface area contributed by atoms with Gasteiger partial charge in [-0.1, -0.05) is 18.2 Å². The van der Waals surface area contributed by atoms with Crippen molar-refractivity contribution < 1.29 is 23.4 Å². The highest BCUT2D eigenvalue weighted by molar-refractivity contribution is 6.04. The fourth-order valence-corrected chi connectivity index (χ4v) is 4.17. The third-order valence-corrected chi connectivity index (χ3v) is 6.04. The molecule has 3 aromatic rings. The summed E-state index contributed by atoms with van der Waals surface area (Å²) in [4.78, 5) is 21.1. The van der Waals surface area contributed by atoms with E-state index < -0.39 is 23.6 Å². The van der Waals surface area contributed by atoms with Gasteiger partial charge in [0, 0.05) is 37.8 Å². The Balaban J connectivity index is 1.26. The summed E-state index contributed by atoms with van der Waals surface area (Å²) in [5.41, 5.74) is 1.37. The Hall–Kier alpha value is -3.56. The number of aryl methyl sites for hydroxylation is 1. The van der Waals surface area contributed by atoms with Crippen LogP contribution in [0.15, 0.2) is 60.8 Å². The number of nitrogens with one attached hydrogen (secondary N) is 1. The number of aliphatic hydroxyl groups excluding tert-OH is 1. The number of pyridine rings is 1. The molecule has 0 saturated carbocycles. The molecule has 2 N–H and O–H groups in total. The maximum Gasteiger partial charge on any atom is 0.255 e. The van der Waals surface area contributed by atoms with Gasteiger partial charge in [-0.15, -0.1) is 0 Å². The van der Waals surface area contributed by atoms with Gasteiger partial charge in [-0.05, 0) is 55.8 Å². The van der Waals surface area contributed by atoms with Crippen LogP contribution in [0.3, 0.4) is 0 Å². The average Bonchev–Trinajstić information content (AvgIpc) is 3.09. The van der Waals surface area contributed by atoms with Crippen LogP contribution in [0.1, 0.15) is 22.3 Å². The topological polar surface area (TPSA) is 77.9 Å². The molecule has 0 bridgehead atoms. The number of halogens is 2. The first-order valence-electron chi connectivity index (χ1n) is 11.9. The minimum absolute atomic E-state index is 0.101. The van der Waals surface area contributed by atoms with Crippen molar-refractivity contribution in [3.05, 3.63) is 83.6 Å². The van der Waals surface area contributed by atoms with Crippen LogP contribution in [0.25, 0.3) is 0 Å². The van der Waals surface area contributed by atoms with Crippen LogP contribution in [0, 0.1) is 18.6 Å². The first-order valence-corrected chi connectivity index (χ1v) is 11.9. The summed E-state index contributed by atoms with van der Waals surface area (Å²) in [6, 6.07) is 13.9. The van der Waals surface area contributed by atoms with Crippen LogP contribution in [0.2, 0.25) is 0 Å². The fourth-order valence-electron chi connectivity index (χ4n) is 4.17. The SMILES string of the molecule is Cc1ccccc1OCC(O)CN1CCCN(c2ccc(NC(=O)c3cc(F)cc(F)c3)cn2)CC1. The lowest BCUT2D eigenvalue weighted by Gasteiger charge is -2.24. The Kier molecular flexibility index (Phi) is 8.45. The molecule has 7 nitrogen and oxygen atoms in total. The lowest BCUT2D eigenvalue weighted by molar-refractivity contribution is 0.0702. The highest BCUT2D eigenvalue weighted by Crippen LogP contribution is 2.19. The Bertz CT molecular complexity index is 1160. The van der Waals surface area contributed by atoms with Crippen molar-refractivity contribution in [3.63, 3.8) is 0 Å². The molecule has 1 atom stereocenters. The molecule has 0 spiro atoms. The zero-order chi connectivity index (χ0) is 25.5. The van der Waals surface area contributed by atoms with Crippen LogP contribution in [0.4, 0.5) is 20.3 Å². The van der Waals surface area contributed by atoms with Crippen molar-refractivity contribution in [1.82, 2.24) is 9.88 Å². The summed E-state index contributed by atoms with van der Waals surface area (Å²) in [7, 11) is 0. The molecule has 2 aromatic carbocycles. The fraction of sp³-hybridized carbons (Fsp3) is 0.333. The lowest BCUT2D eigenvalue weighted by Crippen LogP contribution is -2.38. The van der Waals surface area contributed by atoms with Gasteiger partial charge in [-0.2, -0.15) is 0 Å². The predicted molar refractivity (Wildman–Crippen MR) is 134 cm³/mol. The monoisotopic (exact) mass is 496 g/mol. The van der Waals surface area contributed by atoms with E-state index in [0.717, 1.165) is 67.9 Å². The van der Waals surface area contributed by atoms with E-state index in [9.17, 15) is 18.7 Å². The normalized spacial score (nSPS) is 15.3. The number of hydrogen-bond acceptors (Lipinski definition) is 6. The summed E-state index contributed by atoms with van der Waals surface area (Å²) in [6.07, 6.45) is 1.85. The number of para-hydroxylation sites is 1. The number of anilines is 2. The standard InChI is InChI=1S/C27H30F2N4O3/c1-19-5-2-3-6-25(19)36-18-24(34)17-32-9-4-10-33(12-11-32)26-8-7-23(16-30-26)31-27(35)20-13-21(28)15-22(29)14-20/h2-3,5-8,13-16,24,34H,4,9-12,17-18H2,1H3,(H,31,35). The molecule has 1 amide bonds. The van der Waals surface area contributed by atoms with E-state index >= 15 is 0 Å². The van der Waals surface area contributed by atoms with E-state index in [1.807, 2.05) is 37.3 Å².